The third-order valence-corrected chi connectivity index (χ3v) is 4.79. The molecule has 0 radical (unpaired) electrons. The minimum absolute atomic E-state index is 0.507. The first-order valence-corrected chi connectivity index (χ1v) is 7.16. The summed E-state index contributed by atoms with van der Waals surface area (Å²) in [7, 11) is 0. The second-order valence-electron chi connectivity index (χ2n) is 6.25. The van der Waals surface area contributed by atoms with Crippen molar-refractivity contribution in [2.45, 2.75) is 65.7 Å². The molecule has 0 spiro atoms. The topological polar surface area (TPSA) is 0 Å². The van der Waals surface area contributed by atoms with Gasteiger partial charge in [-0.15, -0.1) is 0 Å². The summed E-state index contributed by atoms with van der Waals surface area (Å²) in [5.74, 6) is 0. The van der Waals surface area contributed by atoms with E-state index in [1.807, 2.05) is 0 Å². The number of hydrogen-bond acceptors (Lipinski definition) is 0. The molecule has 0 atom stereocenters. The number of alkyl halides is 1. The molecular formula is C13H25Br. The Balaban J connectivity index is 2.44. The zero-order chi connectivity index (χ0) is 10.7. The van der Waals surface area contributed by atoms with Gasteiger partial charge in [0.1, 0.15) is 0 Å². The second kappa shape index (κ2) is 5.01. The summed E-state index contributed by atoms with van der Waals surface area (Å²) in [5, 5.41) is 1.22. The summed E-state index contributed by atoms with van der Waals surface area (Å²) in [5.41, 5.74) is 1.15. The van der Waals surface area contributed by atoms with Gasteiger partial charge in [-0.25, -0.2) is 0 Å². The maximum atomic E-state index is 3.74. The van der Waals surface area contributed by atoms with Gasteiger partial charge in [-0.1, -0.05) is 56.0 Å². The van der Waals surface area contributed by atoms with Gasteiger partial charge in [0.15, 0.2) is 0 Å². The predicted octanol–water partition coefficient (Wildman–Crippen LogP) is 5.16. The van der Waals surface area contributed by atoms with Crippen LogP contribution in [-0.2, 0) is 0 Å². The van der Waals surface area contributed by atoms with Crippen LogP contribution in [0.25, 0.3) is 0 Å². The van der Waals surface area contributed by atoms with Crippen LogP contribution < -0.4 is 0 Å². The van der Waals surface area contributed by atoms with Gasteiger partial charge in [0.25, 0.3) is 0 Å². The Morgan fingerprint density at radius 1 is 1.07 bits per heavy atom. The molecule has 1 aliphatic rings. The van der Waals surface area contributed by atoms with E-state index < -0.39 is 0 Å². The molecule has 84 valence electrons. The van der Waals surface area contributed by atoms with Gasteiger partial charge in [0, 0.05) is 5.33 Å². The zero-order valence-corrected chi connectivity index (χ0v) is 11.6. The quantitative estimate of drug-likeness (QED) is 0.616. The molecule has 0 nitrogen and oxygen atoms in total. The average Bonchev–Trinajstić information content (AvgIpc) is 2.15. The van der Waals surface area contributed by atoms with Crippen molar-refractivity contribution in [3.8, 4) is 0 Å². The van der Waals surface area contributed by atoms with E-state index >= 15 is 0 Å². The lowest BCUT2D eigenvalue weighted by Crippen LogP contribution is -2.27. The molecule has 1 aliphatic carbocycles. The van der Waals surface area contributed by atoms with Gasteiger partial charge in [-0.3, -0.25) is 0 Å². The molecule has 0 saturated heterocycles. The standard InChI is InChI=1S/C13H25Br/c1-12(2,3)9-10-13(11-14)7-5-4-6-8-13/h4-11H2,1-3H3. The smallest absolute Gasteiger partial charge is 0.00879 e. The minimum Gasteiger partial charge on any atom is -0.0922 e. The Kier molecular flexibility index (Phi) is 4.49. The molecule has 0 N–H and O–H groups in total. The molecule has 0 aliphatic heterocycles. The highest BCUT2D eigenvalue weighted by molar-refractivity contribution is 9.09. The fraction of sp³-hybridized carbons (Fsp3) is 1.00. The van der Waals surface area contributed by atoms with Crippen LogP contribution in [0.15, 0.2) is 0 Å². The summed E-state index contributed by atoms with van der Waals surface area (Å²) < 4.78 is 0. The SMILES string of the molecule is CC(C)(C)CCC1(CBr)CCCCC1. The highest BCUT2D eigenvalue weighted by atomic mass is 79.9. The average molecular weight is 261 g/mol. The molecule has 1 saturated carbocycles. The van der Waals surface area contributed by atoms with Crippen molar-refractivity contribution in [1.29, 1.82) is 0 Å². The van der Waals surface area contributed by atoms with Crippen LogP contribution in [0, 0.1) is 10.8 Å². The van der Waals surface area contributed by atoms with Crippen molar-refractivity contribution in [2.24, 2.45) is 10.8 Å². The van der Waals surface area contributed by atoms with Crippen LogP contribution in [0.5, 0.6) is 0 Å². The molecule has 0 aromatic carbocycles. The van der Waals surface area contributed by atoms with Crippen molar-refractivity contribution in [3.63, 3.8) is 0 Å². The molecular weight excluding hydrogens is 236 g/mol. The summed E-state index contributed by atoms with van der Waals surface area (Å²) in [6.45, 7) is 7.08. The number of halogens is 1. The monoisotopic (exact) mass is 260 g/mol. The molecule has 0 aromatic rings. The molecule has 14 heavy (non-hydrogen) atoms. The fourth-order valence-corrected chi connectivity index (χ4v) is 3.23. The molecule has 0 heterocycles. The van der Waals surface area contributed by atoms with Gasteiger partial charge in [-0.2, -0.15) is 0 Å². The molecule has 0 bridgehead atoms. The van der Waals surface area contributed by atoms with Crippen LogP contribution in [0.3, 0.4) is 0 Å². The summed E-state index contributed by atoms with van der Waals surface area (Å²) in [4.78, 5) is 0. The van der Waals surface area contributed by atoms with Crippen molar-refractivity contribution >= 4 is 15.9 Å². The number of hydrogen-bond donors (Lipinski definition) is 0. The first-order chi connectivity index (χ1) is 6.47. The van der Waals surface area contributed by atoms with E-state index in [2.05, 4.69) is 36.7 Å². The van der Waals surface area contributed by atoms with E-state index in [-0.39, 0.29) is 0 Å². The number of rotatable bonds is 3. The molecule has 1 rings (SSSR count). The largest absolute Gasteiger partial charge is 0.0922 e. The fourth-order valence-electron chi connectivity index (χ4n) is 2.39. The zero-order valence-electron chi connectivity index (χ0n) is 10.0. The minimum atomic E-state index is 0.507. The van der Waals surface area contributed by atoms with Crippen LogP contribution in [0.1, 0.15) is 65.7 Å². The molecule has 0 aromatic heterocycles. The van der Waals surface area contributed by atoms with E-state index in [9.17, 15) is 0 Å². The first-order valence-electron chi connectivity index (χ1n) is 6.04. The highest BCUT2D eigenvalue weighted by Gasteiger charge is 2.31. The van der Waals surface area contributed by atoms with Gasteiger partial charge < -0.3 is 0 Å². The van der Waals surface area contributed by atoms with Crippen LogP contribution in [0.2, 0.25) is 0 Å². The van der Waals surface area contributed by atoms with Gasteiger partial charge in [0.05, 0.1) is 0 Å². The Labute approximate surface area is 98.0 Å². The lowest BCUT2D eigenvalue weighted by molar-refractivity contribution is 0.175. The van der Waals surface area contributed by atoms with E-state index in [4.69, 9.17) is 0 Å². The molecule has 0 amide bonds. The van der Waals surface area contributed by atoms with E-state index in [1.165, 1.54) is 50.3 Å². The van der Waals surface area contributed by atoms with Crippen molar-refractivity contribution in [1.82, 2.24) is 0 Å². The Bertz CT molecular complexity index is 161. The highest BCUT2D eigenvalue weighted by Crippen LogP contribution is 2.43. The molecule has 0 unspecified atom stereocenters. The van der Waals surface area contributed by atoms with Crippen molar-refractivity contribution in [3.05, 3.63) is 0 Å². The lowest BCUT2D eigenvalue weighted by atomic mass is 9.70. The molecule has 1 fully saturated rings. The third kappa shape index (κ3) is 3.92. The Morgan fingerprint density at radius 3 is 2.07 bits per heavy atom. The molecule has 1 heteroatoms. The second-order valence-corrected chi connectivity index (χ2v) is 6.82. The van der Waals surface area contributed by atoms with E-state index in [1.54, 1.807) is 0 Å². The summed E-state index contributed by atoms with van der Waals surface area (Å²) in [6, 6.07) is 0. The Morgan fingerprint density at radius 2 is 1.64 bits per heavy atom. The van der Waals surface area contributed by atoms with Crippen molar-refractivity contribution in [2.75, 3.05) is 5.33 Å². The van der Waals surface area contributed by atoms with Crippen LogP contribution in [-0.4, -0.2) is 5.33 Å². The lowest BCUT2D eigenvalue weighted by Gasteiger charge is -2.37. The van der Waals surface area contributed by atoms with Crippen LogP contribution >= 0.6 is 15.9 Å². The third-order valence-electron chi connectivity index (χ3n) is 3.60. The normalized spacial score (nSPS) is 22.3. The first kappa shape index (κ1) is 12.5. The van der Waals surface area contributed by atoms with E-state index in [0.717, 1.165) is 0 Å². The predicted molar refractivity (Wildman–Crippen MR) is 68.0 cm³/mol. The van der Waals surface area contributed by atoms with Gasteiger partial charge in [-0.05, 0) is 36.5 Å². The maximum absolute atomic E-state index is 3.74. The maximum Gasteiger partial charge on any atom is 0.00879 e. The summed E-state index contributed by atoms with van der Waals surface area (Å²) >= 11 is 3.74. The Hall–Kier alpha value is 0.480. The summed E-state index contributed by atoms with van der Waals surface area (Å²) in [6.07, 6.45) is 10.1. The van der Waals surface area contributed by atoms with E-state index in [0.29, 0.717) is 10.8 Å². The van der Waals surface area contributed by atoms with Gasteiger partial charge in [0.2, 0.25) is 0 Å². The van der Waals surface area contributed by atoms with Crippen molar-refractivity contribution < 1.29 is 0 Å². The van der Waals surface area contributed by atoms with Gasteiger partial charge >= 0.3 is 0 Å². The van der Waals surface area contributed by atoms with Crippen LogP contribution in [0.4, 0.5) is 0 Å².